The normalized spacial score (nSPS) is 10.8. The first-order chi connectivity index (χ1) is 8.54. The molecule has 7 heteroatoms. The highest BCUT2D eigenvalue weighted by atomic mass is 35.5. The van der Waals surface area contributed by atoms with E-state index in [-0.39, 0.29) is 17.1 Å². The van der Waals surface area contributed by atoms with E-state index < -0.39 is 16.7 Å². The number of hydrogen-bond donors (Lipinski definition) is 3. The molecular formula is C11H9ClFN3O2. The van der Waals surface area contributed by atoms with E-state index in [1.165, 1.54) is 12.1 Å². The first-order valence-electron chi connectivity index (χ1n) is 5.02. The van der Waals surface area contributed by atoms with Crippen molar-refractivity contribution in [3.05, 3.63) is 50.0 Å². The molecule has 0 saturated heterocycles. The lowest BCUT2D eigenvalue weighted by molar-refractivity contribution is 0.631. The number of halogens is 2. The van der Waals surface area contributed by atoms with Gasteiger partial charge in [0.05, 0.1) is 5.69 Å². The molecule has 0 heterocycles. The van der Waals surface area contributed by atoms with Crippen LogP contribution in [0.3, 0.4) is 0 Å². The Balaban J connectivity index is 2.32. The average molecular weight is 270 g/mol. The third-order valence-corrected chi connectivity index (χ3v) is 2.64. The molecule has 2 rings (SSSR count). The van der Waals surface area contributed by atoms with E-state index in [4.69, 9.17) is 17.5 Å². The molecule has 0 aliphatic heterocycles. The summed E-state index contributed by atoms with van der Waals surface area (Å²) in [5.74, 6) is -0.555. The summed E-state index contributed by atoms with van der Waals surface area (Å²) in [5.41, 5.74) is 4.37. The van der Waals surface area contributed by atoms with Gasteiger partial charge in [-0.25, -0.2) is 9.23 Å². The highest BCUT2D eigenvalue weighted by Gasteiger charge is 2.19. The van der Waals surface area contributed by atoms with E-state index in [0.717, 1.165) is 0 Å². The summed E-state index contributed by atoms with van der Waals surface area (Å²) in [7, 11) is 0. The van der Waals surface area contributed by atoms with Gasteiger partial charge in [-0.3, -0.25) is 9.59 Å². The highest BCUT2D eigenvalue weighted by Crippen LogP contribution is 2.22. The Morgan fingerprint density at radius 1 is 1.28 bits per heavy atom. The molecule has 94 valence electrons. The van der Waals surface area contributed by atoms with E-state index in [1.807, 2.05) is 0 Å². The molecule has 2 aromatic carbocycles. The van der Waals surface area contributed by atoms with Gasteiger partial charge in [-0.2, -0.15) is 0 Å². The Labute approximate surface area is 106 Å². The lowest BCUT2D eigenvalue weighted by Crippen LogP contribution is -2.36. The van der Waals surface area contributed by atoms with Gasteiger partial charge in [0.2, 0.25) is 0 Å². The van der Waals surface area contributed by atoms with Gasteiger partial charge in [-0.1, -0.05) is 6.07 Å². The van der Waals surface area contributed by atoms with Crippen LogP contribution in [-0.2, 0) is 6.54 Å². The predicted molar refractivity (Wildman–Crippen MR) is 68.1 cm³/mol. The molecule has 0 aliphatic rings. The van der Waals surface area contributed by atoms with Gasteiger partial charge in [-0.05, 0) is 29.5 Å². The molecule has 4 N–H and O–H groups in total. The van der Waals surface area contributed by atoms with Crippen molar-refractivity contribution >= 4 is 28.8 Å². The molecule has 0 saturated carbocycles. The third kappa shape index (κ3) is 2.07. The topological polar surface area (TPSA) is 84.2 Å². The van der Waals surface area contributed by atoms with Gasteiger partial charge in [0.25, 0.3) is 10.9 Å². The summed E-state index contributed by atoms with van der Waals surface area (Å²) < 4.78 is 13.5. The van der Waals surface area contributed by atoms with Crippen LogP contribution in [0.4, 0.5) is 21.5 Å². The molecule has 0 radical (unpaired) electrons. The minimum atomic E-state index is -0.753. The SMILES string of the molecule is Nc1c(Nc2cc(CNCl)ccc2F)c(=O)c1=O. The number of anilines is 3. The van der Waals surface area contributed by atoms with Gasteiger partial charge in [0, 0.05) is 6.54 Å². The lowest BCUT2D eigenvalue weighted by atomic mass is 10.1. The fourth-order valence-electron chi connectivity index (χ4n) is 1.52. The zero-order valence-electron chi connectivity index (χ0n) is 9.09. The van der Waals surface area contributed by atoms with Crippen molar-refractivity contribution in [3.8, 4) is 0 Å². The average Bonchev–Trinajstić information content (AvgIpc) is 2.38. The van der Waals surface area contributed by atoms with E-state index in [0.29, 0.717) is 12.1 Å². The second-order valence-electron chi connectivity index (χ2n) is 3.70. The van der Waals surface area contributed by atoms with Gasteiger partial charge >= 0.3 is 0 Å². The van der Waals surface area contributed by atoms with Crippen LogP contribution >= 0.6 is 11.8 Å². The van der Waals surface area contributed by atoms with Crippen LogP contribution in [0.25, 0.3) is 0 Å². The van der Waals surface area contributed by atoms with E-state index >= 15 is 0 Å². The first kappa shape index (κ1) is 12.5. The quantitative estimate of drug-likeness (QED) is 0.569. The number of benzene rings is 1. The maximum absolute atomic E-state index is 13.5. The number of nitrogens with two attached hydrogens (primary N) is 1. The number of rotatable bonds is 4. The Morgan fingerprint density at radius 3 is 2.61 bits per heavy atom. The Hall–Kier alpha value is -1.92. The summed E-state index contributed by atoms with van der Waals surface area (Å²) in [5, 5.41) is 2.51. The Bertz CT molecular complexity index is 665. The van der Waals surface area contributed by atoms with Crippen molar-refractivity contribution in [2.24, 2.45) is 0 Å². The van der Waals surface area contributed by atoms with Crippen molar-refractivity contribution < 1.29 is 4.39 Å². The van der Waals surface area contributed by atoms with Crippen LogP contribution < -0.4 is 26.7 Å². The standard InChI is InChI=1S/C11H9ClFN3O2/c12-15-4-5-1-2-6(13)7(3-5)16-9-8(14)10(17)11(9)18/h1-3,15-16H,4,14H2. The maximum Gasteiger partial charge on any atom is 0.253 e. The van der Waals surface area contributed by atoms with Crippen LogP contribution in [-0.4, -0.2) is 0 Å². The van der Waals surface area contributed by atoms with Crippen LogP contribution in [0.2, 0.25) is 0 Å². The van der Waals surface area contributed by atoms with E-state index in [9.17, 15) is 14.0 Å². The zero-order chi connectivity index (χ0) is 13.3. The van der Waals surface area contributed by atoms with Gasteiger partial charge in [0.15, 0.2) is 0 Å². The monoisotopic (exact) mass is 269 g/mol. The molecule has 0 spiro atoms. The van der Waals surface area contributed by atoms with Crippen molar-refractivity contribution in [2.45, 2.75) is 6.54 Å². The molecule has 0 aliphatic carbocycles. The van der Waals surface area contributed by atoms with Crippen molar-refractivity contribution in [1.29, 1.82) is 0 Å². The van der Waals surface area contributed by atoms with Gasteiger partial charge in [-0.15, -0.1) is 0 Å². The fourth-order valence-corrected chi connectivity index (χ4v) is 1.68. The molecule has 0 unspecified atom stereocenters. The van der Waals surface area contributed by atoms with Crippen LogP contribution in [0.15, 0.2) is 27.8 Å². The molecular weight excluding hydrogens is 261 g/mol. The summed E-state index contributed by atoms with van der Waals surface area (Å²) in [6.45, 7) is 0.331. The number of hydrogen-bond acceptors (Lipinski definition) is 5. The molecule has 0 aromatic heterocycles. The third-order valence-electron chi connectivity index (χ3n) is 2.51. The summed E-state index contributed by atoms with van der Waals surface area (Å²) in [6.07, 6.45) is 0. The van der Waals surface area contributed by atoms with Crippen LogP contribution in [0, 0.1) is 5.82 Å². The molecule has 18 heavy (non-hydrogen) atoms. The van der Waals surface area contributed by atoms with E-state index in [2.05, 4.69) is 10.2 Å². The molecule has 2 aromatic rings. The summed E-state index contributed by atoms with van der Waals surface area (Å²) >= 11 is 5.35. The minimum Gasteiger partial charge on any atom is -0.394 e. The van der Waals surface area contributed by atoms with Crippen molar-refractivity contribution in [3.63, 3.8) is 0 Å². The zero-order valence-corrected chi connectivity index (χ0v) is 9.84. The van der Waals surface area contributed by atoms with Gasteiger partial charge < -0.3 is 11.1 Å². The van der Waals surface area contributed by atoms with Crippen LogP contribution in [0.5, 0.6) is 0 Å². The van der Waals surface area contributed by atoms with E-state index in [1.54, 1.807) is 6.07 Å². The summed E-state index contributed by atoms with van der Waals surface area (Å²) in [6, 6.07) is 4.25. The molecule has 0 amide bonds. The second kappa shape index (κ2) is 4.75. The molecule has 0 atom stereocenters. The maximum atomic E-state index is 13.5. The molecule has 5 nitrogen and oxygen atoms in total. The van der Waals surface area contributed by atoms with Crippen molar-refractivity contribution in [1.82, 2.24) is 4.84 Å². The Kier molecular flexibility index (Phi) is 3.31. The largest absolute Gasteiger partial charge is 0.394 e. The number of nitrogen functional groups attached to an aromatic ring is 1. The molecule has 0 fully saturated rings. The summed E-state index contributed by atoms with van der Waals surface area (Å²) in [4.78, 5) is 24.5. The second-order valence-corrected chi connectivity index (χ2v) is 3.96. The first-order valence-corrected chi connectivity index (χ1v) is 5.40. The minimum absolute atomic E-state index is 0.0678. The van der Waals surface area contributed by atoms with Gasteiger partial charge in [0.1, 0.15) is 17.2 Å². The predicted octanol–water partition coefficient (Wildman–Crippen LogP) is 0.991. The smallest absolute Gasteiger partial charge is 0.253 e. The highest BCUT2D eigenvalue weighted by molar-refractivity contribution is 6.13. The Morgan fingerprint density at radius 2 is 2.00 bits per heavy atom. The number of nitrogens with one attached hydrogen (secondary N) is 2. The fraction of sp³-hybridized carbons (Fsp3) is 0.0909. The lowest BCUT2D eigenvalue weighted by Gasteiger charge is -2.11. The van der Waals surface area contributed by atoms with Crippen molar-refractivity contribution in [2.75, 3.05) is 11.1 Å². The molecule has 0 bridgehead atoms. The van der Waals surface area contributed by atoms with Crippen LogP contribution in [0.1, 0.15) is 5.56 Å².